The number of halogens is 1. The summed E-state index contributed by atoms with van der Waals surface area (Å²) < 4.78 is 7.13. The molecule has 29 heavy (non-hydrogen) atoms. The molecule has 1 amide bonds. The second-order valence-electron chi connectivity index (χ2n) is 7.02. The molecule has 0 atom stereocenters. The van der Waals surface area contributed by atoms with Crippen LogP contribution in [0.25, 0.3) is 11.4 Å². The Bertz CT molecular complexity index is 889. The van der Waals surface area contributed by atoms with E-state index in [-0.39, 0.29) is 11.7 Å². The van der Waals surface area contributed by atoms with Gasteiger partial charge in [-0.05, 0) is 44.2 Å². The monoisotopic (exact) mass is 433 g/mol. The van der Waals surface area contributed by atoms with Crippen LogP contribution in [0, 0.1) is 11.3 Å². The third-order valence-electron chi connectivity index (χ3n) is 4.94. The standard InChI is InChI=1S/C20H24ClN5O2S/c1-28-12-6-11-26-18(15-7-2-3-8-16(15)21)24-25-19(26)29-13-17(27)23-20(14-22)9-4-5-10-20/h2-3,7-8H,4-6,9-13H2,1H3,(H,23,27). The SMILES string of the molecule is COCCCn1c(SCC(=O)NC2(C#N)CCCC2)nnc1-c1ccccc1Cl. The largest absolute Gasteiger partial charge is 0.385 e. The molecule has 9 heteroatoms. The van der Waals surface area contributed by atoms with Crippen LogP contribution in [0.5, 0.6) is 0 Å². The molecule has 1 aromatic heterocycles. The molecule has 0 aliphatic heterocycles. The number of amides is 1. The van der Waals surface area contributed by atoms with E-state index in [1.807, 2.05) is 28.8 Å². The van der Waals surface area contributed by atoms with Gasteiger partial charge in [-0.15, -0.1) is 10.2 Å². The molecule has 1 fully saturated rings. The lowest BCUT2D eigenvalue weighted by Gasteiger charge is -2.21. The van der Waals surface area contributed by atoms with Gasteiger partial charge in [0.15, 0.2) is 11.0 Å². The number of ether oxygens (including phenoxy) is 1. The van der Waals surface area contributed by atoms with Crippen molar-refractivity contribution in [1.29, 1.82) is 5.26 Å². The zero-order valence-electron chi connectivity index (χ0n) is 16.4. The maximum atomic E-state index is 12.5. The molecule has 1 saturated carbocycles. The van der Waals surface area contributed by atoms with Crippen molar-refractivity contribution in [3.05, 3.63) is 29.3 Å². The minimum absolute atomic E-state index is 0.163. The summed E-state index contributed by atoms with van der Waals surface area (Å²) in [6.45, 7) is 1.25. The summed E-state index contributed by atoms with van der Waals surface area (Å²) in [6, 6.07) is 9.76. The van der Waals surface area contributed by atoms with Crippen molar-refractivity contribution in [3.8, 4) is 17.5 Å². The Morgan fingerprint density at radius 1 is 1.38 bits per heavy atom. The number of aromatic nitrogens is 3. The maximum Gasteiger partial charge on any atom is 0.231 e. The van der Waals surface area contributed by atoms with Crippen LogP contribution in [0.4, 0.5) is 0 Å². The maximum absolute atomic E-state index is 12.5. The van der Waals surface area contributed by atoms with E-state index in [9.17, 15) is 10.1 Å². The molecular weight excluding hydrogens is 410 g/mol. The van der Waals surface area contributed by atoms with Gasteiger partial charge in [-0.2, -0.15) is 5.26 Å². The fourth-order valence-electron chi connectivity index (χ4n) is 3.48. The second kappa shape index (κ2) is 10.1. The lowest BCUT2D eigenvalue weighted by atomic mass is 10.0. The number of rotatable bonds is 9. The average molecular weight is 434 g/mol. The van der Waals surface area contributed by atoms with E-state index >= 15 is 0 Å². The van der Waals surface area contributed by atoms with Crippen LogP contribution in [-0.4, -0.2) is 45.7 Å². The summed E-state index contributed by atoms with van der Waals surface area (Å²) in [6.07, 6.45) is 4.14. The number of nitriles is 1. The smallest absolute Gasteiger partial charge is 0.231 e. The lowest BCUT2D eigenvalue weighted by Crippen LogP contribution is -2.45. The molecule has 0 spiro atoms. The zero-order chi connectivity index (χ0) is 20.7. The Labute approximate surface area is 179 Å². The number of carbonyl (C=O) groups is 1. The molecule has 0 saturated heterocycles. The first-order valence-corrected chi connectivity index (χ1v) is 11.0. The van der Waals surface area contributed by atoms with Crippen LogP contribution in [0.1, 0.15) is 32.1 Å². The van der Waals surface area contributed by atoms with Gasteiger partial charge in [-0.3, -0.25) is 4.79 Å². The molecule has 1 aromatic carbocycles. The average Bonchev–Trinajstić information content (AvgIpc) is 3.35. The molecule has 3 rings (SSSR count). The molecule has 0 radical (unpaired) electrons. The number of hydrogen-bond acceptors (Lipinski definition) is 6. The zero-order valence-corrected chi connectivity index (χ0v) is 17.9. The van der Waals surface area contributed by atoms with E-state index in [1.165, 1.54) is 11.8 Å². The van der Waals surface area contributed by atoms with E-state index in [0.29, 0.717) is 42.0 Å². The van der Waals surface area contributed by atoms with Gasteiger partial charge in [0, 0.05) is 25.8 Å². The first-order chi connectivity index (χ1) is 14.1. The van der Waals surface area contributed by atoms with Crippen LogP contribution < -0.4 is 5.32 Å². The highest BCUT2D eigenvalue weighted by molar-refractivity contribution is 7.99. The predicted octanol–water partition coefficient (Wildman–Crippen LogP) is 3.68. The van der Waals surface area contributed by atoms with Crippen molar-refractivity contribution in [1.82, 2.24) is 20.1 Å². The minimum atomic E-state index is -0.716. The summed E-state index contributed by atoms with van der Waals surface area (Å²) in [5, 5.41) is 22.2. The minimum Gasteiger partial charge on any atom is -0.385 e. The van der Waals surface area contributed by atoms with Crippen molar-refractivity contribution in [2.75, 3.05) is 19.5 Å². The van der Waals surface area contributed by atoms with Gasteiger partial charge < -0.3 is 14.6 Å². The fourth-order valence-corrected chi connectivity index (χ4v) is 4.47. The van der Waals surface area contributed by atoms with Gasteiger partial charge in [0.1, 0.15) is 5.54 Å². The Balaban J connectivity index is 1.73. The highest BCUT2D eigenvalue weighted by Gasteiger charge is 2.35. The van der Waals surface area contributed by atoms with Crippen molar-refractivity contribution in [2.24, 2.45) is 0 Å². The summed E-state index contributed by atoms with van der Waals surface area (Å²) in [7, 11) is 1.66. The summed E-state index contributed by atoms with van der Waals surface area (Å²) in [5.74, 6) is 0.678. The number of carbonyl (C=O) groups excluding carboxylic acids is 1. The van der Waals surface area contributed by atoms with E-state index in [4.69, 9.17) is 16.3 Å². The third kappa shape index (κ3) is 5.30. The Hall–Kier alpha value is -2.08. The van der Waals surface area contributed by atoms with Crippen LogP contribution in [-0.2, 0) is 16.1 Å². The number of nitrogens with zero attached hydrogens (tertiary/aromatic N) is 4. The van der Waals surface area contributed by atoms with Gasteiger partial charge in [0.25, 0.3) is 0 Å². The molecule has 0 bridgehead atoms. The topological polar surface area (TPSA) is 92.8 Å². The number of thioether (sulfide) groups is 1. The van der Waals surface area contributed by atoms with Gasteiger partial charge in [-0.25, -0.2) is 0 Å². The predicted molar refractivity (Wildman–Crippen MR) is 113 cm³/mol. The Morgan fingerprint density at radius 3 is 2.83 bits per heavy atom. The number of benzene rings is 1. The first kappa shape index (κ1) is 21.6. The molecule has 1 heterocycles. The normalized spacial score (nSPS) is 15.2. The molecule has 1 N–H and O–H groups in total. The van der Waals surface area contributed by atoms with Crippen LogP contribution in [0.3, 0.4) is 0 Å². The van der Waals surface area contributed by atoms with E-state index in [2.05, 4.69) is 21.6 Å². The summed E-state index contributed by atoms with van der Waals surface area (Å²) in [4.78, 5) is 12.5. The van der Waals surface area contributed by atoms with Crippen LogP contribution in [0.2, 0.25) is 5.02 Å². The Kier molecular flexibility index (Phi) is 7.53. The van der Waals surface area contributed by atoms with Crippen molar-refractivity contribution in [2.45, 2.75) is 49.3 Å². The molecule has 154 valence electrons. The van der Waals surface area contributed by atoms with E-state index < -0.39 is 5.54 Å². The summed E-state index contributed by atoms with van der Waals surface area (Å²) >= 11 is 7.66. The molecule has 7 nitrogen and oxygen atoms in total. The fraction of sp³-hybridized carbons (Fsp3) is 0.500. The van der Waals surface area contributed by atoms with Crippen molar-refractivity contribution in [3.63, 3.8) is 0 Å². The van der Waals surface area contributed by atoms with E-state index in [1.54, 1.807) is 7.11 Å². The second-order valence-corrected chi connectivity index (χ2v) is 8.37. The molecule has 0 unspecified atom stereocenters. The van der Waals surface area contributed by atoms with Crippen LogP contribution >= 0.6 is 23.4 Å². The molecule has 1 aliphatic rings. The van der Waals surface area contributed by atoms with Gasteiger partial charge in [0.05, 0.1) is 16.8 Å². The van der Waals surface area contributed by atoms with Crippen LogP contribution in [0.15, 0.2) is 29.4 Å². The van der Waals surface area contributed by atoms with Gasteiger partial charge in [0.2, 0.25) is 5.91 Å². The number of methoxy groups -OCH3 is 1. The number of nitrogens with one attached hydrogen (secondary N) is 1. The highest BCUT2D eigenvalue weighted by atomic mass is 35.5. The third-order valence-corrected chi connectivity index (χ3v) is 6.24. The van der Waals surface area contributed by atoms with Gasteiger partial charge in [-0.1, -0.05) is 35.5 Å². The lowest BCUT2D eigenvalue weighted by molar-refractivity contribution is -0.119. The van der Waals surface area contributed by atoms with Crippen molar-refractivity contribution < 1.29 is 9.53 Å². The Morgan fingerprint density at radius 2 is 2.14 bits per heavy atom. The quantitative estimate of drug-likeness (QED) is 0.479. The first-order valence-electron chi connectivity index (χ1n) is 9.61. The molecule has 1 aliphatic carbocycles. The van der Waals surface area contributed by atoms with Gasteiger partial charge >= 0.3 is 0 Å². The molecular formula is C20H24ClN5O2S. The number of hydrogen-bond donors (Lipinski definition) is 1. The summed E-state index contributed by atoms with van der Waals surface area (Å²) in [5.41, 5.74) is 0.0803. The van der Waals surface area contributed by atoms with Crippen molar-refractivity contribution >= 4 is 29.3 Å². The molecule has 2 aromatic rings. The highest BCUT2D eigenvalue weighted by Crippen LogP contribution is 2.31. The van der Waals surface area contributed by atoms with E-state index in [0.717, 1.165) is 24.8 Å².